The molecule has 2 atom stereocenters. The van der Waals surface area contributed by atoms with Crippen molar-refractivity contribution in [2.45, 2.75) is 31.7 Å². The highest BCUT2D eigenvalue weighted by Gasteiger charge is 2.46. The number of methoxy groups -OCH3 is 1. The van der Waals surface area contributed by atoms with E-state index in [4.69, 9.17) is 4.74 Å². The van der Waals surface area contributed by atoms with Gasteiger partial charge in [-0.2, -0.15) is 0 Å². The molecule has 1 aliphatic heterocycles. The van der Waals surface area contributed by atoms with Crippen LogP contribution in [-0.4, -0.2) is 41.6 Å². The number of aromatic hydroxyl groups is 1. The van der Waals surface area contributed by atoms with Gasteiger partial charge in [-0.3, -0.25) is 4.79 Å². The van der Waals surface area contributed by atoms with E-state index in [-0.39, 0.29) is 11.7 Å². The van der Waals surface area contributed by atoms with Gasteiger partial charge in [0.05, 0.1) is 12.5 Å². The normalized spacial score (nSPS) is 23.8. The van der Waals surface area contributed by atoms with Crippen molar-refractivity contribution in [2.75, 3.05) is 13.7 Å². The molecular weight excluding hydrogens is 258 g/mol. The van der Waals surface area contributed by atoms with Gasteiger partial charge in [-0.15, -0.1) is 0 Å². The number of carbonyl (C=O) groups is 2. The first kappa shape index (κ1) is 14.4. The lowest BCUT2D eigenvalue weighted by Crippen LogP contribution is -2.44. The van der Waals surface area contributed by atoms with Crippen LogP contribution in [0.2, 0.25) is 0 Å². The SMILES string of the molecule is COC(=O)[C@@H](C)N1CC[C@@](C)(c2ccc(O)cc2)C1=O. The molecule has 1 aliphatic rings. The van der Waals surface area contributed by atoms with Gasteiger partial charge in [0.15, 0.2) is 0 Å². The van der Waals surface area contributed by atoms with Gasteiger partial charge < -0.3 is 14.7 Å². The minimum atomic E-state index is -0.657. The fraction of sp³-hybridized carbons (Fsp3) is 0.467. The number of amides is 1. The lowest BCUT2D eigenvalue weighted by molar-refractivity contribution is -0.151. The number of phenols is 1. The second-order valence-corrected chi connectivity index (χ2v) is 5.33. The molecule has 1 amide bonds. The Morgan fingerprint density at radius 1 is 1.40 bits per heavy atom. The summed E-state index contributed by atoms with van der Waals surface area (Å²) in [7, 11) is 1.32. The fourth-order valence-electron chi connectivity index (χ4n) is 2.63. The molecule has 1 aromatic rings. The Labute approximate surface area is 118 Å². The maximum Gasteiger partial charge on any atom is 0.328 e. The van der Waals surface area contributed by atoms with Crippen molar-refractivity contribution in [1.82, 2.24) is 4.90 Å². The molecule has 1 saturated heterocycles. The predicted molar refractivity (Wildman–Crippen MR) is 73.3 cm³/mol. The molecule has 2 rings (SSSR count). The van der Waals surface area contributed by atoms with Crippen LogP contribution in [0.15, 0.2) is 24.3 Å². The summed E-state index contributed by atoms with van der Waals surface area (Å²) in [6.07, 6.45) is 0.637. The summed E-state index contributed by atoms with van der Waals surface area (Å²) < 4.78 is 4.70. The molecule has 5 nitrogen and oxygen atoms in total. The standard InChI is InChI=1S/C15H19NO4/c1-10(13(18)20-3)16-9-8-15(2,14(16)19)11-4-6-12(17)7-5-11/h4-7,10,17H,8-9H2,1-3H3/t10-,15+/m1/s1. The number of hydrogen-bond acceptors (Lipinski definition) is 4. The van der Waals surface area contributed by atoms with E-state index in [9.17, 15) is 14.7 Å². The first-order valence-electron chi connectivity index (χ1n) is 6.58. The highest BCUT2D eigenvalue weighted by Crippen LogP contribution is 2.37. The Balaban J connectivity index is 2.26. The topological polar surface area (TPSA) is 66.8 Å². The number of phenolic OH excluding ortho intramolecular Hbond substituents is 1. The molecule has 0 radical (unpaired) electrons. The monoisotopic (exact) mass is 277 g/mol. The van der Waals surface area contributed by atoms with E-state index in [1.165, 1.54) is 7.11 Å². The highest BCUT2D eigenvalue weighted by atomic mass is 16.5. The summed E-state index contributed by atoms with van der Waals surface area (Å²) in [6, 6.07) is 6.06. The number of rotatable bonds is 3. The van der Waals surface area contributed by atoms with Crippen molar-refractivity contribution in [2.24, 2.45) is 0 Å². The summed E-state index contributed by atoms with van der Waals surface area (Å²) in [5.41, 5.74) is 0.190. The average molecular weight is 277 g/mol. The Kier molecular flexibility index (Phi) is 3.70. The minimum absolute atomic E-state index is 0.0823. The summed E-state index contributed by atoms with van der Waals surface area (Å²) in [6.45, 7) is 4.06. The van der Waals surface area contributed by atoms with Crippen LogP contribution in [0.1, 0.15) is 25.8 Å². The van der Waals surface area contributed by atoms with Gasteiger partial charge in [-0.25, -0.2) is 4.79 Å². The van der Waals surface area contributed by atoms with Crippen molar-refractivity contribution in [3.63, 3.8) is 0 Å². The molecule has 0 spiro atoms. The second-order valence-electron chi connectivity index (χ2n) is 5.33. The molecule has 108 valence electrons. The number of ether oxygens (including phenoxy) is 1. The zero-order valence-corrected chi connectivity index (χ0v) is 11.9. The Morgan fingerprint density at radius 3 is 2.55 bits per heavy atom. The van der Waals surface area contributed by atoms with Crippen LogP contribution in [0.3, 0.4) is 0 Å². The second kappa shape index (κ2) is 5.15. The summed E-state index contributed by atoms with van der Waals surface area (Å²) in [4.78, 5) is 25.8. The van der Waals surface area contributed by atoms with E-state index in [0.29, 0.717) is 13.0 Å². The number of hydrogen-bond donors (Lipinski definition) is 1. The number of benzene rings is 1. The largest absolute Gasteiger partial charge is 0.508 e. The fourth-order valence-corrected chi connectivity index (χ4v) is 2.63. The lowest BCUT2D eigenvalue weighted by atomic mass is 9.81. The predicted octanol–water partition coefficient (Wildman–Crippen LogP) is 1.44. The van der Waals surface area contributed by atoms with Crippen LogP contribution >= 0.6 is 0 Å². The van der Waals surface area contributed by atoms with Crippen molar-refractivity contribution in [1.29, 1.82) is 0 Å². The molecule has 5 heteroatoms. The summed E-state index contributed by atoms with van der Waals surface area (Å²) >= 11 is 0. The molecule has 0 saturated carbocycles. The van der Waals surface area contributed by atoms with Crippen molar-refractivity contribution in [3.8, 4) is 5.75 Å². The van der Waals surface area contributed by atoms with Crippen molar-refractivity contribution >= 4 is 11.9 Å². The van der Waals surface area contributed by atoms with Crippen LogP contribution in [0, 0.1) is 0 Å². The van der Waals surface area contributed by atoms with Crippen LogP contribution in [0.5, 0.6) is 5.75 Å². The Hall–Kier alpha value is -2.04. The number of carbonyl (C=O) groups excluding carboxylic acids is 2. The smallest absolute Gasteiger partial charge is 0.328 e. The Morgan fingerprint density at radius 2 is 2.00 bits per heavy atom. The van der Waals surface area contributed by atoms with Gasteiger partial charge in [-0.05, 0) is 38.0 Å². The molecular formula is C15H19NO4. The maximum absolute atomic E-state index is 12.6. The number of nitrogens with zero attached hydrogens (tertiary/aromatic N) is 1. The molecule has 20 heavy (non-hydrogen) atoms. The van der Waals surface area contributed by atoms with Gasteiger partial charge in [0.25, 0.3) is 0 Å². The van der Waals surface area contributed by atoms with Gasteiger partial charge in [-0.1, -0.05) is 12.1 Å². The zero-order valence-electron chi connectivity index (χ0n) is 11.9. The molecule has 0 aliphatic carbocycles. The third-order valence-corrected chi connectivity index (χ3v) is 4.10. The molecule has 1 aromatic carbocycles. The average Bonchev–Trinajstić information content (AvgIpc) is 2.75. The number of likely N-dealkylation sites (tertiary alicyclic amines) is 1. The van der Waals surface area contributed by atoms with E-state index in [1.807, 2.05) is 6.92 Å². The molecule has 0 unspecified atom stereocenters. The summed E-state index contributed by atoms with van der Waals surface area (Å²) in [5, 5.41) is 9.34. The van der Waals surface area contributed by atoms with Crippen LogP contribution in [0.25, 0.3) is 0 Å². The molecule has 1 N–H and O–H groups in total. The summed E-state index contributed by atoms with van der Waals surface area (Å²) in [5.74, 6) is -0.322. The third kappa shape index (κ3) is 2.24. The van der Waals surface area contributed by atoms with E-state index in [2.05, 4.69) is 0 Å². The number of esters is 1. The molecule has 1 fully saturated rings. The molecule has 1 heterocycles. The quantitative estimate of drug-likeness (QED) is 0.849. The molecule has 0 bridgehead atoms. The van der Waals surface area contributed by atoms with Gasteiger partial charge >= 0.3 is 5.97 Å². The van der Waals surface area contributed by atoms with Gasteiger partial charge in [0, 0.05) is 6.54 Å². The van der Waals surface area contributed by atoms with Crippen LogP contribution in [0.4, 0.5) is 0 Å². The van der Waals surface area contributed by atoms with E-state index in [1.54, 1.807) is 36.1 Å². The maximum atomic E-state index is 12.6. The first-order chi connectivity index (χ1) is 9.40. The van der Waals surface area contributed by atoms with E-state index in [0.717, 1.165) is 5.56 Å². The van der Waals surface area contributed by atoms with Gasteiger partial charge in [0.2, 0.25) is 5.91 Å². The lowest BCUT2D eigenvalue weighted by Gasteiger charge is -2.26. The van der Waals surface area contributed by atoms with Crippen molar-refractivity contribution in [3.05, 3.63) is 29.8 Å². The zero-order chi connectivity index (χ0) is 14.9. The van der Waals surface area contributed by atoms with E-state index < -0.39 is 17.4 Å². The van der Waals surface area contributed by atoms with Gasteiger partial charge in [0.1, 0.15) is 11.8 Å². The third-order valence-electron chi connectivity index (χ3n) is 4.10. The van der Waals surface area contributed by atoms with E-state index >= 15 is 0 Å². The highest BCUT2D eigenvalue weighted by molar-refractivity contribution is 5.93. The minimum Gasteiger partial charge on any atom is -0.508 e. The Bertz CT molecular complexity index is 525. The van der Waals surface area contributed by atoms with Crippen molar-refractivity contribution < 1.29 is 19.4 Å². The first-order valence-corrected chi connectivity index (χ1v) is 6.58. The molecule has 0 aromatic heterocycles. The van der Waals surface area contributed by atoms with Crippen LogP contribution in [-0.2, 0) is 19.7 Å². The van der Waals surface area contributed by atoms with Crippen LogP contribution < -0.4 is 0 Å².